The fraction of sp³-hybridized carbons (Fsp3) is 0.250. The summed E-state index contributed by atoms with van der Waals surface area (Å²) in [6, 6.07) is 13.6. The predicted molar refractivity (Wildman–Crippen MR) is 98.4 cm³/mol. The summed E-state index contributed by atoms with van der Waals surface area (Å²) >= 11 is 0. The van der Waals surface area contributed by atoms with Crippen LogP contribution in [0.1, 0.15) is 16.8 Å². The molecule has 5 heteroatoms. The van der Waals surface area contributed by atoms with Gasteiger partial charge >= 0.3 is 0 Å². The van der Waals surface area contributed by atoms with E-state index >= 15 is 0 Å². The van der Waals surface area contributed by atoms with Crippen molar-refractivity contribution in [3.8, 4) is 11.3 Å². The minimum atomic E-state index is 0.0763. The molecule has 126 valence electrons. The van der Waals surface area contributed by atoms with Crippen molar-refractivity contribution in [2.45, 2.75) is 6.42 Å². The van der Waals surface area contributed by atoms with E-state index in [2.05, 4.69) is 10.3 Å². The van der Waals surface area contributed by atoms with E-state index in [4.69, 9.17) is 4.98 Å². The van der Waals surface area contributed by atoms with Crippen LogP contribution in [0.2, 0.25) is 0 Å². The molecule has 0 saturated carbocycles. The van der Waals surface area contributed by atoms with Crippen molar-refractivity contribution in [2.24, 2.45) is 0 Å². The molecular weight excluding hydrogens is 312 g/mol. The summed E-state index contributed by atoms with van der Waals surface area (Å²) in [6.45, 7) is 3.31. The molecular formula is C20H20N4O. The number of nitrogens with one attached hydrogen (secondary N) is 1. The van der Waals surface area contributed by atoms with Gasteiger partial charge in [0.05, 0.1) is 16.8 Å². The Kier molecular flexibility index (Phi) is 4.39. The highest BCUT2D eigenvalue weighted by molar-refractivity contribution is 6.07. The third-order valence-corrected chi connectivity index (χ3v) is 4.53. The molecule has 3 heterocycles. The van der Waals surface area contributed by atoms with E-state index in [0.717, 1.165) is 54.8 Å². The molecule has 2 aromatic heterocycles. The topological polar surface area (TPSA) is 58.1 Å². The zero-order valence-corrected chi connectivity index (χ0v) is 14.0. The van der Waals surface area contributed by atoms with Crippen LogP contribution < -0.4 is 5.32 Å². The second kappa shape index (κ2) is 6.99. The summed E-state index contributed by atoms with van der Waals surface area (Å²) in [5.41, 5.74) is 3.24. The van der Waals surface area contributed by atoms with Crippen LogP contribution in [0, 0.1) is 0 Å². The molecule has 0 unspecified atom stereocenters. The lowest BCUT2D eigenvalue weighted by Crippen LogP contribution is -2.34. The van der Waals surface area contributed by atoms with E-state index in [1.54, 1.807) is 12.4 Å². The quantitative estimate of drug-likeness (QED) is 0.784. The van der Waals surface area contributed by atoms with Crippen LogP contribution in [-0.2, 0) is 0 Å². The second-order valence-electron chi connectivity index (χ2n) is 6.21. The molecule has 4 rings (SSSR count). The first-order valence-corrected chi connectivity index (χ1v) is 8.63. The maximum absolute atomic E-state index is 13.2. The minimum absolute atomic E-state index is 0.0763. The molecule has 3 aromatic rings. The molecule has 1 N–H and O–H groups in total. The van der Waals surface area contributed by atoms with Crippen LogP contribution in [0.25, 0.3) is 22.2 Å². The average molecular weight is 332 g/mol. The number of amides is 1. The molecule has 1 amide bonds. The normalized spacial score (nSPS) is 15.1. The zero-order chi connectivity index (χ0) is 17.1. The lowest BCUT2D eigenvalue weighted by molar-refractivity contribution is 0.0768. The number of carbonyl (C=O) groups excluding carboxylic acids is 1. The number of aromatic nitrogens is 2. The van der Waals surface area contributed by atoms with Crippen LogP contribution in [0.4, 0.5) is 0 Å². The van der Waals surface area contributed by atoms with Gasteiger partial charge in [0.2, 0.25) is 0 Å². The maximum Gasteiger partial charge on any atom is 0.254 e. The number of hydrogen-bond acceptors (Lipinski definition) is 4. The predicted octanol–water partition coefficient (Wildman–Crippen LogP) is 2.73. The van der Waals surface area contributed by atoms with Crippen molar-refractivity contribution in [3.63, 3.8) is 0 Å². The third kappa shape index (κ3) is 3.23. The van der Waals surface area contributed by atoms with Crippen molar-refractivity contribution in [3.05, 3.63) is 60.4 Å². The van der Waals surface area contributed by atoms with Gasteiger partial charge in [-0.2, -0.15) is 0 Å². The van der Waals surface area contributed by atoms with Gasteiger partial charge in [-0.1, -0.05) is 18.2 Å². The van der Waals surface area contributed by atoms with Crippen molar-refractivity contribution in [1.82, 2.24) is 20.2 Å². The van der Waals surface area contributed by atoms with E-state index in [1.165, 1.54) is 0 Å². The number of fused-ring (bicyclic) bond motifs is 1. The average Bonchev–Trinajstić information content (AvgIpc) is 2.97. The van der Waals surface area contributed by atoms with Gasteiger partial charge in [-0.05, 0) is 37.2 Å². The molecule has 1 aromatic carbocycles. The first kappa shape index (κ1) is 15.7. The van der Waals surface area contributed by atoms with Gasteiger partial charge in [0.1, 0.15) is 0 Å². The van der Waals surface area contributed by atoms with E-state index in [9.17, 15) is 4.79 Å². The summed E-state index contributed by atoms with van der Waals surface area (Å²) in [7, 11) is 0. The second-order valence-corrected chi connectivity index (χ2v) is 6.21. The Balaban J connectivity index is 1.82. The molecule has 0 bridgehead atoms. The lowest BCUT2D eigenvalue weighted by Gasteiger charge is -2.21. The van der Waals surface area contributed by atoms with Crippen LogP contribution in [0.5, 0.6) is 0 Å². The molecule has 0 atom stereocenters. The maximum atomic E-state index is 13.2. The highest BCUT2D eigenvalue weighted by atomic mass is 16.2. The first-order valence-electron chi connectivity index (χ1n) is 8.63. The van der Waals surface area contributed by atoms with Crippen molar-refractivity contribution in [1.29, 1.82) is 0 Å². The Labute approximate surface area is 146 Å². The molecule has 0 spiro atoms. The van der Waals surface area contributed by atoms with Crippen LogP contribution in [-0.4, -0.2) is 47.0 Å². The van der Waals surface area contributed by atoms with Gasteiger partial charge in [0.15, 0.2) is 0 Å². The van der Waals surface area contributed by atoms with Crippen molar-refractivity contribution >= 4 is 16.8 Å². The molecule has 0 radical (unpaired) electrons. The van der Waals surface area contributed by atoms with Gasteiger partial charge in [-0.25, -0.2) is 4.98 Å². The minimum Gasteiger partial charge on any atom is -0.337 e. The van der Waals surface area contributed by atoms with Gasteiger partial charge in [-0.3, -0.25) is 9.78 Å². The van der Waals surface area contributed by atoms with E-state index in [1.807, 2.05) is 47.4 Å². The number of nitrogens with zero attached hydrogens (tertiary/aromatic N) is 3. The summed E-state index contributed by atoms with van der Waals surface area (Å²) in [6.07, 6.45) is 4.49. The van der Waals surface area contributed by atoms with Crippen molar-refractivity contribution < 1.29 is 4.79 Å². The first-order chi connectivity index (χ1) is 12.3. The van der Waals surface area contributed by atoms with E-state index < -0.39 is 0 Å². The molecule has 1 saturated heterocycles. The largest absolute Gasteiger partial charge is 0.337 e. The molecule has 1 aliphatic rings. The Hall–Kier alpha value is -2.79. The van der Waals surface area contributed by atoms with Gasteiger partial charge in [-0.15, -0.1) is 0 Å². The number of para-hydroxylation sites is 1. The number of hydrogen-bond donors (Lipinski definition) is 1. The van der Waals surface area contributed by atoms with E-state index in [-0.39, 0.29) is 5.91 Å². The van der Waals surface area contributed by atoms with Gasteiger partial charge in [0, 0.05) is 43.0 Å². The number of pyridine rings is 2. The third-order valence-electron chi connectivity index (χ3n) is 4.53. The van der Waals surface area contributed by atoms with Gasteiger partial charge < -0.3 is 10.2 Å². The summed E-state index contributed by atoms with van der Waals surface area (Å²) in [4.78, 5) is 24.0. The molecule has 1 fully saturated rings. The Morgan fingerprint density at radius 3 is 2.88 bits per heavy atom. The van der Waals surface area contributed by atoms with Gasteiger partial charge in [0.25, 0.3) is 5.91 Å². The number of rotatable bonds is 2. The fourth-order valence-corrected chi connectivity index (χ4v) is 3.23. The lowest BCUT2D eigenvalue weighted by atomic mass is 10.0. The molecule has 0 aliphatic carbocycles. The SMILES string of the molecule is O=C(c1cc(-c2cccnc2)nc2ccccc12)N1CCCNCC1. The number of carbonyl (C=O) groups is 1. The summed E-state index contributed by atoms with van der Waals surface area (Å²) < 4.78 is 0. The van der Waals surface area contributed by atoms with Crippen LogP contribution in [0.15, 0.2) is 54.9 Å². The molecule has 25 heavy (non-hydrogen) atoms. The van der Waals surface area contributed by atoms with Crippen LogP contribution in [0.3, 0.4) is 0 Å². The van der Waals surface area contributed by atoms with E-state index in [0.29, 0.717) is 5.56 Å². The number of benzene rings is 1. The fourth-order valence-electron chi connectivity index (χ4n) is 3.23. The highest BCUT2D eigenvalue weighted by Crippen LogP contribution is 2.25. The molecule has 1 aliphatic heterocycles. The Bertz CT molecular complexity index is 887. The van der Waals surface area contributed by atoms with Crippen molar-refractivity contribution in [2.75, 3.05) is 26.2 Å². The van der Waals surface area contributed by atoms with Crippen LogP contribution >= 0.6 is 0 Å². The summed E-state index contributed by atoms with van der Waals surface area (Å²) in [5.74, 6) is 0.0763. The zero-order valence-electron chi connectivity index (χ0n) is 14.0. The summed E-state index contributed by atoms with van der Waals surface area (Å²) in [5, 5.41) is 4.24. The Morgan fingerprint density at radius 1 is 1.08 bits per heavy atom. The Morgan fingerprint density at radius 2 is 2.00 bits per heavy atom. The highest BCUT2D eigenvalue weighted by Gasteiger charge is 2.20. The molecule has 5 nitrogen and oxygen atoms in total. The monoisotopic (exact) mass is 332 g/mol. The standard InChI is InChI=1S/C20H20N4O/c25-20(24-11-4-9-21-10-12-24)17-13-19(15-5-3-8-22-14-15)23-18-7-2-1-6-16(17)18/h1-3,5-8,13-14,21H,4,9-12H2. The smallest absolute Gasteiger partial charge is 0.254 e.